The van der Waals surface area contributed by atoms with Crippen molar-refractivity contribution in [3.05, 3.63) is 42.5 Å². The summed E-state index contributed by atoms with van der Waals surface area (Å²) in [7, 11) is 0. The van der Waals surface area contributed by atoms with Crippen LogP contribution in [-0.2, 0) is 4.74 Å². The predicted octanol–water partition coefficient (Wildman–Crippen LogP) is 4.91. The number of aromatic nitrogens is 2. The van der Waals surface area contributed by atoms with Gasteiger partial charge in [-0.2, -0.15) is 0 Å². The Balaban J connectivity index is 1.65. The summed E-state index contributed by atoms with van der Waals surface area (Å²) in [6.07, 6.45) is -0.641. The van der Waals surface area contributed by atoms with E-state index in [1.165, 1.54) is 0 Å². The number of H-pyrrole nitrogens is 1. The number of rotatable bonds is 9. The number of imidazole rings is 1. The number of hydrogen-bond acceptors (Lipinski definition) is 5. The van der Waals surface area contributed by atoms with Gasteiger partial charge in [-0.15, -0.1) is 0 Å². The van der Waals surface area contributed by atoms with Crippen LogP contribution in [0, 0.1) is 0 Å². The van der Waals surface area contributed by atoms with Gasteiger partial charge in [0.25, 0.3) is 0 Å². The van der Waals surface area contributed by atoms with Gasteiger partial charge in [-0.25, -0.2) is 9.78 Å². The number of hydrogen-bond donors (Lipinski definition) is 2. The molecular weight excluding hydrogens is 380 g/mol. The number of benzene rings is 2. The first kappa shape index (κ1) is 21.6. The SMILES string of the molecule is CCN(CC)CCOc1ccc(-c2nc3ccc(NC(=O)OC(C)C)cc3[nH]2)cc1. The number of nitrogens with one attached hydrogen (secondary N) is 2. The molecule has 0 spiro atoms. The maximum Gasteiger partial charge on any atom is 0.411 e. The molecule has 3 aromatic rings. The zero-order chi connectivity index (χ0) is 21.5. The van der Waals surface area contributed by atoms with Crippen molar-refractivity contribution in [3.63, 3.8) is 0 Å². The van der Waals surface area contributed by atoms with E-state index in [2.05, 4.69) is 34.0 Å². The van der Waals surface area contributed by atoms with Gasteiger partial charge in [0.1, 0.15) is 18.2 Å². The predicted molar refractivity (Wildman–Crippen MR) is 120 cm³/mol. The lowest BCUT2D eigenvalue weighted by Gasteiger charge is -2.18. The topological polar surface area (TPSA) is 79.5 Å². The van der Waals surface area contributed by atoms with Crippen molar-refractivity contribution in [2.45, 2.75) is 33.8 Å². The van der Waals surface area contributed by atoms with Crippen LogP contribution in [0.25, 0.3) is 22.4 Å². The Labute approximate surface area is 177 Å². The molecule has 0 aliphatic rings. The summed E-state index contributed by atoms with van der Waals surface area (Å²) < 4.78 is 11.0. The van der Waals surface area contributed by atoms with Gasteiger partial charge in [0, 0.05) is 17.8 Å². The molecule has 0 fully saturated rings. The van der Waals surface area contributed by atoms with Crippen LogP contribution in [0.2, 0.25) is 0 Å². The zero-order valence-corrected chi connectivity index (χ0v) is 18.1. The third kappa shape index (κ3) is 5.73. The zero-order valence-electron chi connectivity index (χ0n) is 18.1. The second kappa shape index (κ2) is 10.1. The molecule has 7 heteroatoms. The summed E-state index contributed by atoms with van der Waals surface area (Å²) in [6.45, 7) is 11.6. The maximum atomic E-state index is 11.8. The van der Waals surface area contributed by atoms with Gasteiger partial charge < -0.3 is 19.4 Å². The average Bonchev–Trinajstić information content (AvgIpc) is 3.14. The maximum absolute atomic E-state index is 11.8. The second-order valence-electron chi connectivity index (χ2n) is 7.30. The normalized spacial score (nSPS) is 11.3. The van der Waals surface area contributed by atoms with E-state index in [4.69, 9.17) is 9.47 Å². The number of carbonyl (C=O) groups excluding carboxylic acids is 1. The molecule has 0 saturated carbocycles. The molecule has 0 saturated heterocycles. The number of aromatic amines is 1. The molecule has 0 aliphatic carbocycles. The Morgan fingerprint density at radius 3 is 2.53 bits per heavy atom. The molecule has 1 aromatic heterocycles. The number of nitrogens with zero attached hydrogens (tertiary/aromatic N) is 2. The molecule has 2 N–H and O–H groups in total. The first-order valence-electron chi connectivity index (χ1n) is 10.4. The van der Waals surface area contributed by atoms with E-state index in [1.54, 1.807) is 6.07 Å². The summed E-state index contributed by atoms with van der Waals surface area (Å²) in [6, 6.07) is 13.4. The number of anilines is 1. The summed E-state index contributed by atoms with van der Waals surface area (Å²) in [5, 5.41) is 2.73. The quantitative estimate of drug-likeness (QED) is 0.524. The highest BCUT2D eigenvalue weighted by Gasteiger charge is 2.09. The van der Waals surface area contributed by atoms with Crippen molar-refractivity contribution in [3.8, 4) is 17.1 Å². The Morgan fingerprint density at radius 2 is 1.87 bits per heavy atom. The number of amides is 1. The smallest absolute Gasteiger partial charge is 0.411 e. The van der Waals surface area contributed by atoms with Gasteiger partial charge >= 0.3 is 6.09 Å². The highest BCUT2D eigenvalue weighted by molar-refractivity contribution is 5.89. The fraction of sp³-hybridized carbons (Fsp3) is 0.391. The van der Waals surface area contributed by atoms with Crippen LogP contribution in [0.1, 0.15) is 27.7 Å². The van der Waals surface area contributed by atoms with E-state index < -0.39 is 6.09 Å². The lowest BCUT2D eigenvalue weighted by atomic mass is 10.2. The van der Waals surface area contributed by atoms with Crippen molar-refractivity contribution in [1.82, 2.24) is 14.9 Å². The molecule has 0 unspecified atom stereocenters. The molecule has 3 rings (SSSR count). The number of fused-ring (bicyclic) bond motifs is 1. The van der Waals surface area contributed by atoms with E-state index in [9.17, 15) is 4.79 Å². The van der Waals surface area contributed by atoms with Gasteiger partial charge in [0.15, 0.2) is 0 Å². The third-order valence-corrected chi connectivity index (χ3v) is 4.77. The molecule has 1 amide bonds. The molecule has 0 atom stereocenters. The summed E-state index contributed by atoms with van der Waals surface area (Å²) >= 11 is 0. The minimum absolute atomic E-state index is 0.170. The Kier molecular flexibility index (Phi) is 7.30. The molecular formula is C23H30N4O3. The van der Waals surface area contributed by atoms with Crippen molar-refractivity contribution >= 4 is 22.8 Å². The molecule has 1 heterocycles. The van der Waals surface area contributed by atoms with E-state index in [0.717, 1.165) is 47.8 Å². The fourth-order valence-corrected chi connectivity index (χ4v) is 3.13. The first-order valence-corrected chi connectivity index (χ1v) is 10.4. The van der Waals surface area contributed by atoms with Crippen LogP contribution in [0.3, 0.4) is 0 Å². The van der Waals surface area contributed by atoms with Crippen LogP contribution >= 0.6 is 0 Å². The van der Waals surface area contributed by atoms with Crippen LogP contribution in [0.4, 0.5) is 10.5 Å². The van der Waals surface area contributed by atoms with Gasteiger partial charge in [-0.1, -0.05) is 13.8 Å². The van der Waals surface area contributed by atoms with Gasteiger partial charge in [0.05, 0.1) is 17.1 Å². The lowest BCUT2D eigenvalue weighted by molar-refractivity contribution is 0.130. The average molecular weight is 411 g/mol. The van der Waals surface area contributed by atoms with Crippen molar-refractivity contribution in [1.29, 1.82) is 0 Å². The Morgan fingerprint density at radius 1 is 1.13 bits per heavy atom. The van der Waals surface area contributed by atoms with Gasteiger partial charge in [-0.3, -0.25) is 5.32 Å². The molecule has 160 valence electrons. The minimum Gasteiger partial charge on any atom is -0.492 e. The highest BCUT2D eigenvalue weighted by Crippen LogP contribution is 2.24. The van der Waals surface area contributed by atoms with E-state index in [1.807, 2.05) is 50.2 Å². The largest absolute Gasteiger partial charge is 0.492 e. The van der Waals surface area contributed by atoms with Crippen LogP contribution < -0.4 is 10.1 Å². The lowest BCUT2D eigenvalue weighted by Crippen LogP contribution is -2.27. The third-order valence-electron chi connectivity index (χ3n) is 4.77. The van der Waals surface area contributed by atoms with Crippen LogP contribution in [0.15, 0.2) is 42.5 Å². The van der Waals surface area contributed by atoms with Gasteiger partial charge in [-0.05, 0) is 69.4 Å². The van der Waals surface area contributed by atoms with E-state index >= 15 is 0 Å². The molecule has 30 heavy (non-hydrogen) atoms. The molecule has 2 aromatic carbocycles. The second-order valence-corrected chi connectivity index (χ2v) is 7.30. The monoisotopic (exact) mass is 410 g/mol. The summed E-state index contributed by atoms with van der Waals surface area (Å²) in [4.78, 5) is 22.1. The van der Waals surface area contributed by atoms with Crippen molar-refractivity contribution in [2.24, 2.45) is 0 Å². The molecule has 7 nitrogen and oxygen atoms in total. The van der Waals surface area contributed by atoms with Crippen molar-refractivity contribution < 1.29 is 14.3 Å². The van der Waals surface area contributed by atoms with Crippen LogP contribution in [0.5, 0.6) is 5.75 Å². The number of ether oxygens (including phenoxy) is 2. The van der Waals surface area contributed by atoms with Gasteiger partial charge in [0.2, 0.25) is 0 Å². The fourth-order valence-electron chi connectivity index (χ4n) is 3.13. The molecule has 0 aliphatic heterocycles. The Hall–Kier alpha value is -3.06. The summed E-state index contributed by atoms with van der Waals surface area (Å²) in [5.74, 6) is 1.61. The summed E-state index contributed by atoms with van der Waals surface area (Å²) in [5.41, 5.74) is 3.29. The highest BCUT2D eigenvalue weighted by atomic mass is 16.6. The van der Waals surface area contributed by atoms with Crippen molar-refractivity contribution in [2.75, 3.05) is 31.6 Å². The minimum atomic E-state index is -0.472. The first-order chi connectivity index (χ1) is 14.5. The van der Waals surface area contributed by atoms with E-state index in [-0.39, 0.29) is 6.10 Å². The van der Waals surface area contributed by atoms with E-state index in [0.29, 0.717) is 12.3 Å². The molecule has 0 bridgehead atoms. The molecule has 0 radical (unpaired) electrons. The standard InChI is InChI=1S/C23H30N4O3/c1-5-27(6-2)13-14-29-19-10-7-17(8-11-19)22-25-20-12-9-18(15-21(20)26-22)24-23(28)30-16(3)4/h7-12,15-16H,5-6,13-14H2,1-4H3,(H,24,28)(H,25,26). The number of carbonyl (C=O) groups is 1. The Bertz CT molecular complexity index is 962. The number of likely N-dealkylation sites (N-methyl/N-ethyl adjacent to an activating group) is 1. The van der Waals surface area contributed by atoms with Crippen LogP contribution in [-0.4, -0.2) is 53.3 Å².